The van der Waals surface area contributed by atoms with E-state index in [1.54, 1.807) is 0 Å². The molecule has 0 heterocycles. The summed E-state index contributed by atoms with van der Waals surface area (Å²) >= 11 is 0. The molecular formula is C10H24N2. The zero-order valence-electron chi connectivity index (χ0n) is 8.98. The van der Waals surface area contributed by atoms with Crippen molar-refractivity contribution in [1.29, 1.82) is 0 Å². The van der Waals surface area contributed by atoms with Gasteiger partial charge in [0.1, 0.15) is 0 Å². The minimum absolute atomic E-state index is 0.221. The first kappa shape index (κ1) is 11.9. The van der Waals surface area contributed by atoms with Gasteiger partial charge in [-0.1, -0.05) is 34.1 Å². The average Bonchev–Trinajstić information content (AvgIpc) is 1.96. The van der Waals surface area contributed by atoms with Gasteiger partial charge in [-0.05, 0) is 18.4 Å². The maximum Gasteiger partial charge on any atom is 0.0214 e. The van der Waals surface area contributed by atoms with Crippen LogP contribution in [0.5, 0.6) is 0 Å². The molecule has 1 unspecified atom stereocenters. The molecule has 2 nitrogen and oxygen atoms in total. The van der Waals surface area contributed by atoms with Crippen LogP contribution in [0.3, 0.4) is 0 Å². The van der Waals surface area contributed by atoms with Crippen molar-refractivity contribution in [2.45, 2.75) is 46.6 Å². The zero-order chi connectivity index (χ0) is 9.61. The molecule has 74 valence electrons. The van der Waals surface area contributed by atoms with Crippen molar-refractivity contribution in [2.75, 3.05) is 13.1 Å². The lowest BCUT2D eigenvalue weighted by atomic mass is 9.87. The molecule has 2 heteroatoms. The van der Waals surface area contributed by atoms with Gasteiger partial charge >= 0.3 is 0 Å². The summed E-state index contributed by atoms with van der Waals surface area (Å²) in [4.78, 5) is 0. The first-order chi connectivity index (χ1) is 5.48. The normalized spacial score (nSPS) is 14.8. The average molecular weight is 172 g/mol. The van der Waals surface area contributed by atoms with Crippen LogP contribution in [0.15, 0.2) is 0 Å². The van der Waals surface area contributed by atoms with Crippen molar-refractivity contribution in [2.24, 2.45) is 11.1 Å². The van der Waals surface area contributed by atoms with E-state index in [1.807, 2.05) is 0 Å². The van der Waals surface area contributed by atoms with E-state index < -0.39 is 0 Å². The van der Waals surface area contributed by atoms with Crippen LogP contribution in [0.2, 0.25) is 0 Å². The molecule has 0 aromatic rings. The molecule has 0 aromatic heterocycles. The lowest BCUT2D eigenvalue weighted by Gasteiger charge is -2.27. The summed E-state index contributed by atoms with van der Waals surface area (Å²) < 4.78 is 0. The molecule has 0 aliphatic carbocycles. The number of rotatable bonds is 5. The van der Waals surface area contributed by atoms with E-state index in [0.29, 0.717) is 0 Å². The van der Waals surface area contributed by atoms with Crippen LogP contribution in [0.25, 0.3) is 0 Å². The van der Waals surface area contributed by atoms with E-state index in [0.717, 1.165) is 13.1 Å². The van der Waals surface area contributed by atoms with Gasteiger partial charge in [0.2, 0.25) is 0 Å². The summed E-state index contributed by atoms with van der Waals surface area (Å²) in [5, 5.41) is 3.37. The van der Waals surface area contributed by atoms with Crippen molar-refractivity contribution in [3.8, 4) is 0 Å². The van der Waals surface area contributed by atoms with Crippen LogP contribution in [0.1, 0.15) is 40.5 Å². The van der Waals surface area contributed by atoms with Gasteiger partial charge in [-0.15, -0.1) is 0 Å². The number of nitrogens with one attached hydrogen (secondary N) is 1. The standard InChI is InChI=1S/C10H24N2/c1-5-6-7-12-8-9(11)10(2,3)4/h9,12H,5-8,11H2,1-4H3. The second-order valence-electron chi connectivity index (χ2n) is 4.53. The highest BCUT2D eigenvalue weighted by atomic mass is 14.9. The van der Waals surface area contributed by atoms with Gasteiger partial charge in [0.15, 0.2) is 0 Å². The molecule has 0 amide bonds. The van der Waals surface area contributed by atoms with E-state index in [2.05, 4.69) is 33.0 Å². The first-order valence-corrected chi connectivity index (χ1v) is 4.94. The highest BCUT2D eigenvalue weighted by molar-refractivity contribution is 4.78. The number of hydrogen-bond donors (Lipinski definition) is 2. The largest absolute Gasteiger partial charge is 0.326 e. The van der Waals surface area contributed by atoms with Crippen molar-refractivity contribution < 1.29 is 0 Å². The minimum atomic E-state index is 0.221. The highest BCUT2D eigenvalue weighted by Gasteiger charge is 2.19. The summed E-state index contributed by atoms with van der Waals surface area (Å²) in [6, 6.07) is 0.259. The van der Waals surface area contributed by atoms with Crippen LogP contribution in [0, 0.1) is 5.41 Å². The fourth-order valence-electron chi connectivity index (χ4n) is 0.866. The van der Waals surface area contributed by atoms with Crippen LogP contribution in [-0.4, -0.2) is 19.1 Å². The predicted octanol–water partition coefficient (Wildman–Crippen LogP) is 1.75. The summed E-state index contributed by atoms with van der Waals surface area (Å²) in [6.45, 7) is 10.8. The summed E-state index contributed by atoms with van der Waals surface area (Å²) in [6.07, 6.45) is 2.49. The molecule has 0 spiro atoms. The highest BCUT2D eigenvalue weighted by Crippen LogP contribution is 2.16. The van der Waals surface area contributed by atoms with E-state index in [4.69, 9.17) is 5.73 Å². The fourth-order valence-corrected chi connectivity index (χ4v) is 0.866. The molecule has 0 radical (unpaired) electrons. The molecule has 0 rings (SSSR count). The number of nitrogens with two attached hydrogens (primary N) is 1. The molecule has 3 N–H and O–H groups in total. The van der Waals surface area contributed by atoms with Gasteiger partial charge in [-0.3, -0.25) is 0 Å². The minimum Gasteiger partial charge on any atom is -0.326 e. The van der Waals surface area contributed by atoms with E-state index in [-0.39, 0.29) is 11.5 Å². The molecule has 0 bridgehead atoms. The van der Waals surface area contributed by atoms with Gasteiger partial charge in [-0.25, -0.2) is 0 Å². The molecular weight excluding hydrogens is 148 g/mol. The first-order valence-electron chi connectivity index (χ1n) is 4.94. The topological polar surface area (TPSA) is 38.0 Å². The molecule has 12 heavy (non-hydrogen) atoms. The van der Waals surface area contributed by atoms with Crippen LogP contribution in [-0.2, 0) is 0 Å². The Balaban J connectivity index is 3.38. The van der Waals surface area contributed by atoms with Crippen LogP contribution in [0.4, 0.5) is 0 Å². The summed E-state index contributed by atoms with van der Waals surface area (Å²) in [7, 11) is 0. The van der Waals surface area contributed by atoms with Crippen molar-refractivity contribution in [3.63, 3.8) is 0 Å². The van der Waals surface area contributed by atoms with Crippen molar-refractivity contribution in [3.05, 3.63) is 0 Å². The molecule has 0 aliphatic rings. The van der Waals surface area contributed by atoms with Crippen LogP contribution < -0.4 is 11.1 Å². The van der Waals surface area contributed by atoms with E-state index >= 15 is 0 Å². The van der Waals surface area contributed by atoms with Gasteiger partial charge in [0.25, 0.3) is 0 Å². The van der Waals surface area contributed by atoms with Crippen molar-refractivity contribution >= 4 is 0 Å². The maximum atomic E-state index is 5.97. The number of hydrogen-bond acceptors (Lipinski definition) is 2. The Morgan fingerprint density at radius 2 is 1.92 bits per heavy atom. The van der Waals surface area contributed by atoms with Crippen molar-refractivity contribution in [1.82, 2.24) is 5.32 Å². The monoisotopic (exact) mass is 172 g/mol. The molecule has 1 atom stereocenters. The Kier molecular flexibility index (Phi) is 5.51. The second kappa shape index (κ2) is 5.55. The third-order valence-corrected chi connectivity index (χ3v) is 2.18. The fraction of sp³-hybridized carbons (Fsp3) is 1.00. The van der Waals surface area contributed by atoms with Gasteiger partial charge in [0.05, 0.1) is 0 Å². The second-order valence-corrected chi connectivity index (χ2v) is 4.53. The van der Waals surface area contributed by atoms with Crippen LogP contribution >= 0.6 is 0 Å². The zero-order valence-corrected chi connectivity index (χ0v) is 8.98. The predicted molar refractivity (Wildman–Crippen MR) is 55.2 cm³/mol. The maximum absolute atomic E-state index is 5.97. The third-order valence-electron chi connectivity index (χ3n) is 2.18. The lowest BCUT2D eigenvalue weighted by molar-refractivity contribution is 0.309. The number of unbranched alkanes of at least 4 members (excludes halogenated alkanes) is 1. The Morgan fingerprint density at radius 3 is 2.33 bits per heavy atom. The molecule has 0 saturated carbocycles. The SMILES string of the molecule is CCCCNCC(N)C(C)(C)C. The smallest absolute Gasteiger partial charge is 0.0214 e. The quantitative estimate of drug-likeness (QED) is 0.620. The Labute approximate surface area is 76.9 Å². The molecule has 0 fully saturated rings. The lowest BCUT2D eigenvalue weighted by Crippen LogP contribution is -2.43. The molecule has 0 saturated heterocycles. The molecule has 0 aromatic carbocycles. The summed E-state index contributed by atoms with van der Waals surface area (Å²) in [5.74, 6) is 0. The Bertz CT molecular complexity index is 105. The van der Waals surface area contributed by atoms with Gasteiger partial charge in [-0.2, -0.15) is 0 Å². The molecule has 0 aliphatic heterocycles. The van der Waals surface area contributed by atoms with E-state index in [1.165, 1.54) is 12.8 Å². The van der Waals surface area contributed by atoms with E-state index in [9.17, 15) is 0 Å². The Morgan fingerprint density at radius 1 is 1.33 bits per heavy atom. The third kappa shape index (κ3) is 5.56. The Hall–Kier alpha value is -0.0800. The van der Waals surface area contributed by atoms with Gasteiger partial charge in [0, 0.05) is 12.6 Å². The van der Waals surface area contributed by atoms with Gasteiger partial charge < -0.3 is 11.1 Å². The summed E-state index contributed by atoms with van der Waals surface area (Å²) in [5.41, 5.74) is 6.19.